The number of amides is 1. The Kier molecular flexibility index (Phi) is 8.70. The largest absolute Gasteiger partial charge is 0.375 e. The molecule has 0 aliphatic carbocycles. The molecule has 1 unspecified atom stereocenters. The van der Waals surface area contributed by atoms with Crippen molar-refractivity contribution in [3.05, 3.63) is 94.0 Å². The lowest BCUT2D eigenvalue weighted by Crippen LogP contribution is -2.50. The van der Waals surface area contributed by atoms with Gasteiger partial charge in [-0.05, 0) is 60.7 Å². The first-order valence-corrected chi connectivity index (χ1v) is 12.7. The fraction of sp³-hybridized carbons (Fsp3) is 0.345. The van der Waals surface area contributed by atoms with Crippen LogP contribution < -0.4 is 5.32 Å². The van der Waals surface area contributed by atoms with E-state index in [1.807, 2.05) is 68.4 Å². The molecule has 1 amide bonds. The van der Waals surface area contributed by atoms with Crippen LogP contribution in [0.1, 0.15) is 25.0 Å². The predicted octanol–water partition coefficient (Wildman–Crippen LogP) is 6.10. The monoisotopic (exact) mass is 527 g/mol. The Labute approximate surface area is 222 Å². The van der Waals surface area contributed by atoms with Crippen molar-refractivity contribution in [3.63, 3.8) is 0 Å². The van der Waals surface area contributed by atoms with E-state index in [0.29, 0.717) is 22.9 Å². The summed E-state index contributed by atoms with van der Waals surface area (Å²) >= 11 is 12.4. The van der Waals surface area contributed by atoms with Crippen LogP contribution in [-0.4, -0.2) is 43.7 Å². The predicted molar refractivity (Wildman–Crippen MR) is 143 cm³/mol. The van der Waals surface area contributed by atoms with Crippen LogP contribution in [0.5, 0.6) is 0 Å². The van der Waals surface area contributed by atoms with Gasteiger partial charge >= 0.3 is 0 Å². The van der Waals surface area contributed by atoms with Gasteiger partial charge in [0.25, 0.3) is 0 Å². The van der Waals surface area contributed by atoms with Crippen molar-refractivity contribution in [1.29, 1.82) is 0 Å². The number of hydrogen-bond acceptors (Lipinski definition) is 4. The average molecular weight is 528 g/mol. The second kappa shape index (κ2) is 11.8. The van der Waals surface area contributed by atoms with E-state index in [1.165, 1.54) is 7.11 Å². The molecule has 1 heterocycles. The zero-order valence-corrected chi connectivity index (χ0v) is 22.2. The average Bonchev–Trinajstić information content (AvgIpc) is 3.13. The SMILES string of the molecule is COCC(=O)N[C@H](Cc1ccc(-c2cc(Cl)cc(Cl)c2)cc1)[C@H]1OC(C)(C)OC1Cc1ccccc1. The number of hydrogen-bond donors (Lipinski definition) is 1. The fourth-order valence-electron chi connectivity index (χ4n) is 4.65. The van der Waals surface area contributed by atoms with E-state index >= 15 is 0 Å². The van der Waals surface area contributed by atoms with Gasteiger partial charge in [0.1, 0.15) is 12.7 Å². The zero-order valence-electron chi connectivity index (χ0n) is 20.7. The highest BCUT2D eigenvalue weighted by Gasteiger charge is 2.45. The van der Waals surface area contributed by atoms with Crippen LogP contribution in [0.25, 0.3) is 11.1 Å². The van der Waals surface area contributed by atoms with Gasteiger partial charge in [-0.1, -0.05) is 77.8 Å². The summed E-state index contributed by atoms with van der Waals surface area (Å²) in [4.78, 5) is 12.6. The smallest absolute Gasteiger partial charge is 0.246 e. The van der Waals surface area contributed by atoms with Gasteiger partial charge in [0.15, 0.2) is 5.79 Å². The molecular weight excluding hydrogens is 497 g/mol. The van der Waals surface area contributed by atoms with Gasteiger partial charge in [-0.15, -0.1) is 0 Å². The highest BCUT2D eigenvalue weighted by atomic mass is 35.5. The standard InChI is InChI=1S/C29H31Cl2NO4/c1-29(2)35-26(14-19-7-5-4-6-8-19)28(36-29)25(32-27(33)18-34-3)13-20-9-11-21(12-10-20)22-15-23(30)17-24(31)16-22/h4-12,15-17,25-26,28H,13-14,18H2,1-3H3,(H,32,33)/t25-,26?,28-/m1/s1. The highest BCUT2D eigenvalue weighted by Crippen LogP contribution is 2.33. The van der Waals surface area contributed by atoms with E-state index in [9.17, 15) is 4.79 Å². The van der Waals surface area contributed by atoms with Crippen LogP contribution >= 0.6 is 23.2 Å². The Balaban J connectivity index is 1.57. The molecule has 4 rings (SSSR count). The summed E-state index contributed by atoms with van der Waals surface area (Å²) < 4.78 is 17.7. The molecule has 0 radical (unpaired) electrons. The fourth-order valence-corrected chi connectivity index (χ4v) is 5.17. The number of halogens is 2. The topological polar surface area (TPSA) is 56.8 Å². The van der Waals surface area contributed by atoms with Gasteiger partial charge in [0.2, 0.25) is 5.91 Å². The zero-order chi connectivity index (χ0) is 25.7. The summed E-state index contributed by atoms with van der Waals surface area (Å²) in [6.45, 7) is 3.79. The molecule has 36 heavy (non-hydrogen) atoms. The van der Waals surface area contributed by atoms with E-state index in [4.69, 9.17) is 37.4 Å². The minimum absolute atomic E-state index is 0.0225. The lowest BCUT2D eigenvalue weighted by Gasteiger charge is -2.28. The normalized spacial score (nSPS) is 19.7. The second-order valence-electron chi connectivity index (χ2n) is 9.49. The number of carbonyl (C=O) groups excluding carboxylic acids is 1. The Morgan fingerprint density at radius 3 is 2.25 bits per heavy atom. The first-order valence-electron chi connectivity index (χ1n) is 12.0. The van der Waals surface area contributed by atoms with Crippen LogP contribution in [0.2, 0.25) is 10.0 Å². The van der Waals surface area contributed by atoms with E-state index in [2.05, 4.69) is 17.4 Å². The molecule has 1 N–H and O–H groups in total. The van der Waals surface area contributed by atoms with Crippen LogP contribution in [0.4, 0.5) is 0 Å². The van der Waals surface area contributed by atoms with Gasteiger partial charge in [0, 0.05) is 23.6 Å². The van der Waals surface area contributed by atoms with Crippen molar-refractivity contribution in [2.24, 2.45) is 0 Å². The van der Waals surface area contributed by atoms with Crippen molar-refractivity contribution in [2.75, 3.05) is 13.7 Å². The van der Waals surface area contributed by atoms with Crippen molar-refractivity contribution < 1.29 is 19.0 Å². The Morgan fingerprint density at radius 1 is 0.944 bits per heavy atom. The van der Waals surface area contributed by atoms with Gasteiger partial charge < -0.3 is 19.5 Å². The molecular formula is C29H31Cl2NO4. The number of carbonyl (C=O) groups is 1. The van der Waals surface area contributed by atoms with Crippen molar-refractivity contribution >= 4 is 29.1 Å². The van der Waals surface area contributed by atoms with E-state index in [0.717, 1.165) is 22.3 Å². The third-order valence-electron chi connectivity index (χ3n) is 6.13. The molecule has 0 spiro atoms. The third-order valence-corrected chi connectivity index (χ3v) is 6.56. The minimum atomic E-state index is -0.760. The molecule has 1 fully saturated rings. The van der Waals surface area contributed by atoms with E-state index < -0.39 is 5.79 Å². The molecule has 1 saturated heterocycles. The maximum Gasteiger partial charge on any atom is 0.246 e. The maximum atomic E-state index is 12.6. The number of rotatable bonds is 9. The van der Waals surface area contributed by atoms with Crippen LogP contribution in [-0.2, 0) is 31.8 Å². The van der Waals surface area contributed by atoms with Crippen LogP contribution in [0.3, 0.4) is 0 Å². The molecule has 1 aliphatic rings. The van der Waals surface area contributed by atoms with Crippen molar-refractivity contribution in [1.82, 2.24) is 5.32 Å². The maximum absolute atomic E-state index is 12.6. The van der Waals surface area contributed by atoms with E-state index in [1.54, 1.807) is 6.07 Å². The Bertz CT molecular complexity index is 1150. The molecule has 0 saturated carbocycles. The van der Waals surface area contributed by atoms with Gasteiger partial charge in [-0.25, -0.2) is 0 Å². The molecule has 1 aliphatic heterocycles. The van der Waals surface area contributed by atoms with Crippen molar-refractivity contribution in [2.45, 2.75) is 50.7 Å². The second-order valence-corrected chi connectivity index (χ2v) is 10.4. The highest BCUT2D eigenvalue weighted by molar-refractivity contribution is 6.35. The van der Waals surface area contributed by atoms with Crippen LogP contribution in [0.15, 0.2) is 72.8 Å². The Morgan fingerprint density at radius 2 is 1.61 bits per heavy atom. The summed E-state index contributed by atoms with van der Waals surface area (Å²) in [6.07, 6.45) is 0.692. The first kappa shape index (κ1) is 26.6. The summed E-state index contributed by atoms with van der Waals surface area (Å²) in [7, 11) is 1.51. The summed E-state index contributed by atoms with van der Waals surface area (Å²) in [5.74, 6) is -0.955. The van der Waals surface area contributed by atoms with Gasteiger partial charge in [-0.2, -0.15) is 0 Å². The Hall–Kier alpha value is -2.41. The van der Waals surface area contributed by atoms with Gasteiger partial charge in [-0.3, -0.25) is 4.79 Å². The molecule has 3 aromatic carbocycles. The van der Waals surface area contributed by atoms with Gasteiger partial charge in [0.05, 0.1) is 12.1 Å². The van der Waals surface area contributed by atoms with Crippen molar-refractivity contribution in [3.8, 4) is 11.1 Å². The van der Waals surface area contributed by atoms with Crippen LogP contribution in [0, 0.1) is 0 Å². The summed E-state index contributed by atoms with van der Waals surface area (Å²) in [6, 6.07) is 23.5. The molecule has 0 bridgehead atoms. The number of methoxy groups -OCH3 is 1. The number of nitrogens with one attached hydrogen (secondary N) is 1. The molecule has 3 aromatic rings. The molecule has 190 valence electrons. The third kappa shape index (κ3) is 7.09. The molecule has 5 nitrogen and oxygen atoms in total. The number of ether oxygens (including phenoxy) is 3. The summed E-state index contributed by atoms with van der Waals surface area (Å²) in [5.41, 5.74) is 4.16. The molecule has 7 heteroatoms. The van der Waals surface area contributed by atoms with E-state index in [-0.39, 0.29) is 30.8 Å². The first-order chi connectivity index (χ1) is 17.2. The summed E-state index contributed by atoms with van der Waals surface area (Å²) in [5, 5.41) is 4.30. The number of benzene rings is 3. The lowest BCUT2D eigenvalue weighted by atomic mass is 9.93. The quantitative estimate of drug-likeness (QED) is 0.365. The molecule has 0 aromatic heterocycles. The lowest BCUT2D eigenvalue weighted by molar-refractivity contribution is -0.150. The molecule has 3 atom stereocenters. The minimum Gasteiger partial charge on any atom is -0.375 e.